The lowest BCUT2D eigenvalue weighted by Gasteiger charge is -2.23. The molecule has 0 spiro atoms. The van der Waals surface area contributed by atoms with Crippen molar-refractivity contribution in [1.29, 1.82) is 0 Å². The molecule has 20 heavy (non-hydrogen) atoms. The fourth-order valence-electron chi connectivity index (χ4n) is 2.02. The first-order valence-corrected chi connectivity index (χ1v) is 9.28. The summed E-state index contributed by atoms with van der Waals surface area (Å²) < 4.78 is 62.6. The molecule has 2 rings (SSSR count). The highest BCUT2D eigenvalue weighted by molar-refractivity contribution is 7.91. The van der Waals surface area contributed by atoms with Crippen LogP contribution in [0.15, 0.2) is 23.1 Å². The fraction of sp³-hybridized carbons (Fsp3) is 0.455. The van der Waals surface area contributed by atoms with Crippen LogP contribution in [-0.4, -0.2) is 34.4 Å². The zero-order chi connectivity index (χ0) is 15.0. The number of sulfonamides is 1. The predicted octanol–water partition coefficient (Wildman–Crippen LogP) is 0.263. The summed E-state index contributed by atoms with van der Waals surface area (Å²) >= 11 is 0. The van der Waals surface area contributed by atoms with Gasteiger partial charge in [-0.25, -0.2) is 25.9 Å². The van der Waals surface area contributed by atoms with Gasteiger partial charge in [0, 0.05) is 11.7 Å². The highest BCUT2D eigenvalue weighted by atomic mass is 32.2. The molecule has 3 N–H and O–H groups in total. The van der Waals surface area contributed by atoms with E-state index in [9.17, 15) is 21.2 Å². The average molecular weight is 322 g/mol. The number of rotatable bonds is 3. The van der Waals surface area contributed by atoms with Crippen molar-refractivity contribution in [2.24, 2.45) is 0 Å². The Balaban J connectivity index is 2.18. The number of anilines is 1. The summed E-state index contributed by atoms with van der Waals surface area (Å²) in [4.78, 5) is -0.522. The van der Waals surface area contributed by atoms with Crippen LogP contribution in [0.5, 0.6) is 0 Å². The lowest BCUT2D eigenvalue weighted by molar-refractivity contribution is 0.500. The van der Waals surface area contributed by atoms with Crippen LogP contribution in [-0.2, 0) is 19.9 Å². The van der Waals surface area contributed by atoms with E-state index < -0.39 is 36.6 Å². The molecule has 0 radical (unpaired) electrons. The standard InChI is InChI=1S/C11H15FN2O4S2/c12-10-2-1-8(13)7-11(10)20(17,18)14-9-3-5-19(15,16)6-4-9/h1-2,7,9,14H,3-6,13H2. The van der Waals surface area contributed by atoms with Crippen LogP contribution < -0.4 is 10.5 Å². The molecule has 0 aliphatic carbocycles. The zero-order valence-electron chi connectivity index (χ0n) is 10.5. The number of halogens is 1. The third kappa shape index (κ3) is 3.47. The van der Waals surface area contributed by atoms with Crippen molar-refractivity contribution < 1.29 is 21.2 Å². The monoisotopic (exact) mass is 322 g/mol. The molecule has 1 fully saturated rings. The number of hydrogen-bond acceptors (Lipinski definition) is 5. The summed E-state index contributed by atoms with van der Waals surface area (Å²) in [5.74, 6) is -1.03. The molecule has 1 aromatic carbocycles. The van der Waals surface area contributed by atoms with Crippen molar-refractivity contribution in [1.82, 2.24) is 4.72 Å². The molecule has 0 unspecified atom stereocenters. The van der Waals surface area contributed by atoms with E-state index in [0.717, 1.165) is 12.1 Å². The highest BCUT2D eigenvalue weighted by Crippen LogP contribution is 2.20. The molecule has 0 atom stereocenters. The van der Waals surface area contributed by atoms with Crippen LogP contribution in [0.2, 0.25) is 0 Å². The third-order valence-electron chi connectivity index (χ3n) is 3.12. The molecular formula is C11H15FN2O4S2. The second-order valence-corrected chi connectivity index (χ2v) is 8.72. The Kier molecular flexibility index (Phi) is 4.03. The first-order valence-electron chi connectivity index (χ1n) is 5.97. The number of benzene rings is 1. The van der Waals surface area contributed by atoms with E-state index >= 15 is 0 Å². The predicted molar refractivity (Wildman–Crippen MR) is 72.8 cm³/mol. The molecule has 0 amide bonds. The Hall–Kier alpha value is -1.19. The normalized spacial score (nSPS) is 19.9. The van der Waals surface area contributed by atoms with Gasteiger partial charge < -0.3 is 5.73 Å². The lowest BCUT2D eigenvalue weighted by atomic mass is 10.2. The first-order chi connectivity index (χ1) is 9.20. The molecule has 0 bridgehead atoms. The quantitative estimate of drug-likeness (QED) is 0.777. The fourth-order valence-corrected chi connectivity index (χ4v) is 4.93. The maximum absolute atomic E-state index is 13.6. The Morgan fingerprint density at radius 3 is 2.45 bits per heavy atom. The second kappa shape index (κ2) is 5.30. The third-order valence-corrected chi connectivity index (χ3v) is 6.37. The molecule has 1 aromatic rings. The topological polar surface area (TPSA) is 106 Å². The summed E-state index contributed by atoms with van der Waals surface area (Å²) in [6.45, 7) is 0. The van der Waals surface area contributed by atoms with Gasteiger partial charge in [0.25, 0.3) is 0 Å². The summed E-state index contributed by atoms with van der Waals surface area (Å²) in [7, 11) is -7.13. The van der Waals surface area contributed by atoms with Crippen LogP contribution in [0.4, 0.5) is 10.1 Å². The van der Waals surface area contributed by atoms with Gasteiger partial charge in [0.1, 0.15) is 20.5 Å². The van der Waals surface area contributed by atoms with E-state index in [-0.39, 0.29) is 30.0 Å². The number of nitrogens with two attached hydrogens (primary N) is 1. The maximum Gasteiger partial charge on any atom is 0.243 e. The largest absolute Gasteiger partial charge is 0.399 e. The minimum atomic E-state index is -4.05. The van der Waals surface area contributed by atoms with Crippen LogP contribution >= 0.6 is 0 Å². The molecule has 1 heterocycles. The van der Waals surface area contributed by atoms with E-state index in [4.69, 9.17) is 5.73 Å². The Morgan fingerprint density at radius 2 is 1.85 bits per heavy atom. The Labute approximate surface area is 117 Å². The molecule has 9 heteroatoms. The van der Waals surface area contributed by atoms with E-state index in [1.165, 1.54) is 6.07 Å². The van der Waals surface area contributed by atoms with E-state index in [0.29, 0.717) is 0 Å². The smallest absolute Gasteiger partial charge is 0.243 e. The summed E-state index contributed by atoms with van der Waals surface area (Å²) in [6, 6.07) is 2.78. The Bertz CT molecular complexity index is 702. The molecule has 6 nitrogen and oxygen atoms in total. The van der Waals surface area contributed by atoms with Crippen LogP contribution in [0, 0.1) is 5.82 Å². The van der Waals surface area contributed by atoms with Gasteiger partial charge in [-0.3, -0.25) is 0 Å². The Morgan fingerprint density at radius 1 is 1.25 bits per heavy atom. The minimum Gasteiger partial charge on any atom is -0.399 e. The van der Waals surface area contributed by atoms with Crippen LogP contribution in [0.25, 0.3) is 0 Å². The van der Waals surface area contributed by atoms with Gasteiger partial charge in [-0.05, 0) is 31.0 Å². The summed E-state index contributed by atoms with van der Waals surface area (Å²) in [6.07, 6.45) is 0.372. The van der Waals surface area contributed by atoms with Crippen molar-refractivity contribution in [2.45, 2.75) is 23.8 Å². The lowest BCUT2D eigenvalue weighted by Crippen LogP contribution is -2.41. The van der Waals surface area contributed by atoms with Crippen molar-refractivity contribution in [3.8, 4) is 0 Å². The molecule has 1 aliphatic rings. The van der Waals surface area contributed by atoms with Crippen molar-refractivity contribution in [3.63, 3.8) is 0 Å². The SMILES string of the molecule is Nc1ccc(F)c(S(=O)(=O)NC2CCS(=O)(=O)CC2)c1. The molecule has 1 saturated heterocycles. The van der Waals surface area contributed by atoms with Gasteiger partial charge in [-0.15, -0.1) is 0 Å². The van der Waals surface area contributed by atoms with Crippen molar-refractivity contribution >= 4 is 25.5 Å². The van der Waals surface area contributed by atoms with E-state index in [1.807, 2.05) is 0 Å². The van der Waals surface area contributed by atoms with Crippen molar-refractivity contribution in [3.05, 3.63) is 24.0 Å². The van der Waals surface area contributed by atoms with Crippen LogP contribution in [0.1, 0.15) is 12.8 Å². The van der Waals surface area contributed by atoms with Crippen LogP contribution in [0.3, 0.4) is 0 Å². The van der Waals surface area contributed by atoms with Crippen molar-refractivity contribution in [2.75, 3.05) is 17.2 Å². The second-order valence-electron chi connectivity index (χ2n) is 4.74. The minimum absolute atomic E-state index is 0.0698. The number of nitrogen functional groups attached to an aromatic ring is 1. The van der Waals surface area contributed by atoms with E-state index in [1.54, 1.807) is 0 Å². The molecule has 112 valence electrons. The van der Waals surface area contributed by atoms with Gasteiger partial charge in [-0.2, -0.15) is 0 Å². The van der Waals surface area contributed by atoms with Gasteiger partial charge in [-0.1, -0.05) is 0 Å². The number of sulfone groups is 1. The van der Waals surface area contributed by atoms with E-state index in [2.05, 4.69) is 4.72 Å². The maximum atomic E-state index is 13.6. The average Bonchev–Trinajstić information content (AvgIpc) is 2.35. The molecular weight excluding hydrogens is 307 g/mol. The zero-order valence-corrected chi connectivity index (χ0v) is 12.2. The summed E-state index contributed by atoms with van der Waals surface area (Å²) in [5.41, 5.74) is 5.59. The van der Waals surface area contributed by atoms with Gasteiger partial charge in [0.05, 0.1) is 11.5 Å². The highest BCUT2D eigenvalue weighted by Gasteiger charge is 2.28. The number of nitrogens with one attached hydrogen (secondary N) is 1. The van der Waals surface area contributed by atoms with Gasteiger partial charge in [0.2, 0.25) is 10.0 Å². The molecule has 1 aliphatic heterocycles. The molecule has 0 saturated carbocycles. The summed E-state index contributed by atoms with van der Waals surface area (Å²) in [5, 5.41) is 0. The number of hydrogen-bond donors (Lipinski definition) is 2. The first kappa shape index (κ1) is 15.2. The van der Waals surface area contributed by atoms with Gasteiger partial charge in [0.15, 0.2) is 0 Å². The van der Waals surface area contributed by atoms with Gasteiger partial charge >= 0.3 is 0 Å². The molecule has 0 aromatic heterocycles.